The van der Waals surface area contributed by atoms with E-state index < -0.39 is 0 Å². The maximum atomic E-state index is 9.04. The smallest absolute Gasteiger partial charge is 0.0434 e. The van der Waals surface area contributed by atoms with E-state index in [2.05, 4.69) is 11.9 Å². The highest BCUT2D eigenvalue weighted by Gasteiger charge is 2.38. The molecule has 2 rings (SSSR count). The fraction of sp³-hybridized carbons (Fsp3) is 1.00. The van der Waals surface area contributed by atoms with E-state index in [0.29, 0.717) is 6.61 Å². The Hall–Kier alpha value is -0.0800. The number of hydrogen-bond donors (Lipinski definition) is 1. The molecule has 0 radical (unpaired) electrons. The fourth-order valence-corrected chi connectivity index (χ4v) is 2.89. The van der Waals surface area contributed by atoms with Crippen LogP contribution in [0.2, 0.25) is 0 Å². The van der Waals surface area contributed by atoms with Crippen molar-refractivity contribution in [3.05, 3.63) is 0 Å². The molecular weight excluding hydrogens is 162 g/mol. The summed E-state index contributed by atoms with van der Waals surface area (Å²) in [6.07, 6.45) is 6.57. The molecule has 2 aliphatic rings. The van der Waals surface area contributed by atoms with Gasteiger partial charge in [-0.25, -0.2) is 0 Å². The third-order valence-corrected chi connectivity index (χ3v) is 3.76. The quantitative estimate of drug-likeness (QED) is 0.714. The predicted octanol–water partition coefficient (Wildman–Crippen LogP) is 1.49. The lowest BCUT2D eigenvalue weighted by Gasteiger charge is -2.28. The molecule has 2 atom stereocenters. The van der Waals surface area contributed by atoms with E-state index in [0.717, 1.165) is 24.3 Å². The third kappa shape index (κ3) is 2.05. The number of rotatable bonds is 4. The van der Waals surface area contributed by atoms with Crippen LogP contribution >= 0.6 is 0 Å². The van der Waals surface area contributed by atoms with Gasteiger partial charge in [0.05, 0.1) is 0 Å². The Balaban J connectivity index is 1.92. The van der Waals surface area contributed by atoms with Crippen molar-refractivity contribution in [1.29, 1.82) is 0 Å². The van der Waals surface area contributed by atoms with Crippen LogP contribution in [0.5, 0.6) is 0 Å². The van der Waals surface area contributed by atoms with Gasteiger partial charge in [0.15, 0.2) is 0 Å². The van der Waals surface area contributed by atoms with Crippen molar-refractivity contribution in [1.82, 2.24) is 4.90 Å². The standard InChI is InChI=1S/C11H21NO/c1-12-7-2-3-11(12)10(6-8-13)9-4-5-9/h9-11,13H,2-8H2,1H3. The Bertz CT molecular complexity index is 167. The van der Waals surface area contributed by atoms with Crippen LogP contribution in [0.25, 0.3) is 0 Å². The zero-order valence-corrected chi connectivity index (χ0v) is 8.58. The summed E-state index contributed by atoms with van der Waals surface area (Å²) in [6, 6.07) is 0.777. The van der Waals surface area contributed by atoms with Crippen LogP contribution in [0, 0.1) is 11.8 Å². The second-order valence-electron chi connectivity index (χ2n) is 4.70. The first-order valence-electron chi connectivity index (χ1n) is 5.64. The van der Waals surface area contributed by atoms with E-state index >= 15 is 0 Å². The van der Waals surface area contributed by atoms with E-state index in [1.165, 1.54) is 32.2 Å². The molecule has 0 amide bonds. The van der Waals surface area contributed by atoms with Crippen molar-refractivity contribution in [2.45, 2.75) is 38.1 Å². The molecule has 2 heteroatoms. The maximum absolute atomic E-state index is 9.04. The van der Waals surface area contributed by atoms with Gasteiger partial charge in [0.2, 0.25) is 0 Å². The van der Waals surface area contributed by atoms with Crippen molar-refractivity contribution in [2.75, 3.05) is 20.2 Å². The normalized spacial score (nSPS) is 32.3. The summed E-state index contributed by atoms with van der Waals surface area (Å²) in [5, 5.41) is 9.04. The highest BCUT2D eigenvalue weighted by molar-refractivity contribution is 4.91. The largest absolute Gasteiger partial charge is 0.396 e. The first-order chi connectivity index (χ1) is 6.33. The lowest BCUT2D eigenvalue weighted by molar-refractivity contribution is 0.163. The van der Waals surface area contributed by atoms with E-state index in [1.54, 1.807) is 0 Å². The average molecular weight is 183 g/mol. The summed E-state index contributed by atoms with van der Waals surface area (Å²) < 4.78 is 0. The van der Waals surface area contributed by atoms with Gasteiger partial charge in [0.1, 0.15) is 0 Å². The van der Waals surface area contributed by atoms with Crippen LogP contribution in [0.3, 0.4) is 0 Å². The molecule has 76 valence electrons. The lowest BCUT2D eigenvalue weighted by atomic mass is 9.90. The molecule has 0 bridgehead atoms. The molecular formula is C11H21NO. The first kappa shape index (κ1) is 9.47. The summed E-state index contributed by atoms with van der Waals surface area (Å²) in [5.74, 6) is 1.73. The van der Waals surface area contributed by atoms with Gasteiger partial charge in [-0.1, -0.05) is 0 Å². The van der Waals surface area contributed by atoms with Gasteiger partial charge in [0.25, 0.3) is 0 Å². The van der Waals surface area contributed by atoms with Gasteiger partial charge in [-0.15, -0.1) is 0 Å². The minimum Gasteiger partial charge on any atom is -0.396 e. The lowest BCUT2D eigenvalue weighted by Crippen LogP contribution is -2.34. The van der Waals surface area contributed by atoms with Gasteiger partial charge in [-0.05, 0) is 57.5 Å². The summed E-state index contributed by atoms with van der Waals surface area (Å²) in [7, 11) is 2.24. The van der Waals surface area contributed by atoms with Gasteiger partial charge in [0, 0.05) is 12.6 Å². The second kappa shape index (κ2) is 3.97. The van der Waals surface area contributed by atoms with E-state index in [1.807, 2.05) is 0 Å². The van der Waals surface area contributed by atoms with Crippen LogP contribution in [-0.4, -0.2) is 36.2 Å². The molecule has 2 unspecified atom stereocenters. The van der Waals surface area contributed by atoms with Crippen LogP contribution in [0.15, 0.2) is 0 Å². The molecule has 1 aliphatic carbocycles. The minimum absolute atomic E-state index is 0.380. The average Bonchev–Trinajstić information content (AvgIpc) is 2.86. The van der Waals surface area contributed by atoms with Crippen LogP contribution in [-0.2, 0) is 0 Å². The molecule has 1 aliphatic heterocycles. The van der Waals surface area contributed by atoms with Crippen LogP contribution in [0.1, 0.15) is 32.1 Å². The summed E-state index contributed by atoms with van der Waals surface area (Å²) >= 11 is 0. The van der Waals surface area contributed by atoms with Gasteiger partial charge in [-0.3, -0.25) is 0 Å². The summed E-state index contributed by atoms with van der Waals surface area (Å²) in [4.78, 5) is 2.50. The van der Waals surface area contributed by atoms with Crippen LogP contribution in [0.4, 0.5) is 0 Å². The number of likely N-dealkylation sites (tertiary alicyclic amines) is 1. The Labute approximate surface area is 80.9 Å². The molecule has 2 nitrogen and oxygen atoms in total. The van der Waals surface area contributed by atoms with Crippen molar-refractivity contribution >= 4 is 0 Å². The SMILES string of the molecule is CN1CCCC1C(CCO)C1CC1. The summed E-state index contributed by atoms with van der Waals surface area (Å²) in [5.41, 5.74) is 0. The molecule has 0 aromatic heterocycles. The molecule has 2 fully saturated rings. The molecule has 0 aromatic rings. The highest BCUT2D eigenvalue weighted by atomic mass is 16.3. The van der Waals surface area contributed by atoms with Crippen LogP contribution < -0.4 is 0 Å². The Morgan fingerprint density at radius 1 is 1.38 bits per heavy atom. The molecule has 1 saturated carbocycles. The molecule has 1 saturated heterocycles. The van der Waals surface area contributed by atoms with Gasteiger partial charge in [-0.2, -0.15) is 0 Å². The maximum Gasteiger partial charge on any atom is 0.0434 e. The second-order valence-corrected chi connectivity index (χ2v) is 4.70. The molecule has 0 aromatic carbocycles. The fourth-order valence-electron chi connectivity index (χ4n) is 2.89. The molecule has 13 heavy (non-hydrogen) atoms. The highest BCUT2D eigenvalue weighted by Crippen LogP contribution is 2.43. The number of hydrogen-bond acceptors (Lipinski definition) is 2. The minimum atomic E-state index is 0.380. The van der Waals surface area contributed by atoms with Crippen molar-refractivity contribution < 1.29 is 5.11 Å². The molecule has 0 spiro atoms. The predicted molar refractivity (Wildman–Crippen MR) is 53.6 cm³/mol. The van der Waals surface area contributed by atoms with E-state index in [4.69, 9.17) is 5.11 Å². The number of aliphatic hydroxyl groups excluding tert-OH is 1. The third-order valence-electron chi connectivity index (χ3n) is 3.76. The Morgan fingerprint density at radius 2 is 2.15 bits per heavy atom. The van der Waals surface area contributed by atoms with Crippen molar-refractivity contribution in [3.63, 3.8) is 0 Å². The monoisotopic (exact) mass is 183 g/mol. The Kier molecular flexibility index (Phi) is 2.89. The number of nitrogens with zero attached hydrogens (tertiary/aromatic N) is 1. The zero-order chi connectivity index (χ0) is 9.26. The Morgan fingerprint density at radius 3 is 2.62 bits per heavy atom. The molecule has 1 heterocycles. The van der Waals surface area contributed by atoms with Crippen molar-refractivity contribution in [2.24, 2.45) is 11.8 Å². The van der Waals surface area contributed by atoms with E-state index in [-0.39, 0.29) is 0 Å². The topological polar surface area (TPSA) is 23.5 Å². The van der Waals surface area contributed by atoms with Crippen molar-refractivity contribution in [3.8, 4) is 0 Å². The van der Waals surface area contributed by atoms with Gasteiger partial charge >= 0.3 is 0 Å². The molecule has 1 N–H and O–H groups in total. The number of aliphatic hydroxyl groups is 1. The van der Waals surface area contributed by atoms with E-state index in [9.17, 15) is 0 Å². The zero-order valence-electron chi connectivity index (χ0n) is 8.58. The summed E-state index contributed by atoms with van der Waals surface area (Å²) in [6.45, 7) is 1.64. The first-order valence-corrected chi connectivity index (χ1v) is 5.64. The van der Waals surface area contributed by atoms with Gasteiger partial charge < -0.3 is 10.0 Å².